The van der Waals surface area contributed by atoms with Gasteiger partial charge in [0, 0.05) is 43.0 Å². The van der Waals surface area contributed by atoms with E-state index in [-0.39, 0.29) is 9.92 Å². The van der Waals surface area contributed by atoms with Crippen molar-refractivity contribution in [3.63, 3.8) is 0 Å². The third kappa shape index (κ3) is 3.95. The van der Waals surface area contributed by atoms with Crippen LogP contribution in [-0.4, -0.2) is 58.5 Å². The number of aromatic nitrogens is 4. The Morgan fingerprint density at radius 1 is 0.939 bits per heavy atom. The number of halogens is 2. The van der Waals surface area contributed by atoms with Crippen LogP contribution >= 0.6 is 23.2 Å². The van der Waals surface area contributed by atoms with E-state index < -0.39 is 10.0 Å². The van der Waals surface area contributed by atoms with Gasteiger partial charge in [0.25, 0.3) is 5.78 Å². The number of nitrogens with zero attached hydrogens (tertiary/aromatic N) is 6. The molecular formula is C22H20Cl2N6O2S. The van der Waals surface area contributed by atoms with E-state index in [1.165, 1.54) is 22.8 Å². The van der Waals surface area contributed by atoms with Gasteiger partial charge in [-0.2, -0.15) is 18.9 Å². The van der Waals surface area contributed by atoms with Gasteiger partial charge in [-0.25, -0.2) is 13.4 Å². The van der Waals surface area contributed by atoms with Gasteiger partial charge in [0.1, 0.15) is 17.0 Å². The molecule has 11 heteroatoms. The maximum Gasteiger partial charge on any atom is 0.254 e. The van der Waals surface area contributed by atoms with Crippen molar-refractivity contribution in [2.24, 2.45) is 0 Å². The molecule has 4 aromatic rings. The second kappa shape index (κ2) is 8.57. The summed E-state index contributed by atoms with van der Waals surface area (Å²) >= 11 is 12.3. The van der Waals surface area contributed by atoms with Crippen LogP contribution in [0, 0.1) is 6.92 Å². The standard InChI is InChI=1S/C22H20Cl2N6O2S/c1-15-11-20(19(24)12-18(15)23)33(31,32)29-9-7-28(8-10-29)21-17(16-5-3-2-4-6-16)13-25-22-26-14-27-30(21)22/h2-6,11-14H,7-10H2,1H3. The zero-order valence-corrected chi connectivity index (χ0v) is 20.0. The molecule has 8 nitrogen and oxygen atoms in total. The molecule has 5 rings (SSSR count). The number of benzene rings is 2. The van der Waals surface area contributed by atoms with Crippen molar-refractivity contribution >= 4 is 44.8 Å². The highest BCUT2D eigenvalue weighted by Gasteiger charge is 2.32. The van der Waals surface area contributed by atoms with Crippen molar-refractivity contribution in [1.29, 1.82) is 0 Å². The number of hydrogen-bond donors (Lipinski definition) is 0. The highest BCUT2D eigenvalue weighted by molar-refractivity contribution is 7.89. The third-order valence-corrected chi connectivity index (χ3v) is 8.50. The SMILES string of the molecule is Cc1cc(S(=O)(=O)N2CCN(c3c(-c4ccccc4)cnc4ncnn34)CC2)c(Cl)cc1Cl. The molecule has 1 saturated heterocycles. The van der Waals surface area contributed by atoms with E-state index in [1.54, 1.807) is 17.6 Å². The molecule has 0 N–H and O–H groups in total. The second-order valence-electron chi connectivity index (χ2n) is 7.76. The molecule has 0 spiro atoms. The molecule has 1 aliphatic heterocycles. The summed E-state index contributed by atoms with van der Waals surface area (Å²) in [6, 6.07) is 12.9. The molecule has 0 aliphatic carbocycles. The lowest BCUT2D eigenvalue weighted by Crippen LogP contribution is -2.49. The van der Waals surface area contributed by atoms with Crippen molar-refractivity contribution in [2.75, 3.05) is 31.1 Å². The lowest BCUT2D eigenvalue weighted by Gasteiger charge is -2.36. The predicted molar refractivity (Wildman–Crippen MR) is 128 cm³/mol. The summed E-state index contributed by atoms with van der Waals surface area (Å²) in [5, 5.41) is 4.92. The Hall–Kier alpha value is -2.72. The van der Waals surface area contributed by atoms with Crippen molar-refractivity contribution in [3.05, 3.63) is 70.6 Å². The van der Waals surface area contributed by atoms with Crippen LogP contribution in [0.2, 0.25) is 10.0 Å². The Morgan fingerprint density at radius 2 is 1.67 bits per heavy atom. The Morgan fingerprint density at radius 3 is 2.39 bits per heavy atom. The molecule has 0 bridgehead atoms. The Balaban J connectivity index is 1.47. The van der Waals surface area contributed by atoms with Crippen molar-refractivity contribution in [2.45, 2.75) is 11.8 Å². The van der Waals surface area contributed by atoms with Crippen molar-refractivity contribution < 1.29 is 8.42 Å². The molecule has 0 saturated carbocycles. The first-order valence-corrected chi connectivity index (χ1v) is 12.5. The van der Waals surface area contributed by atoms with E-state index in [0.717, 1.165) is 16.9 Å². The molecule has 0 radical (unpaired) electrons. The van der Waals surface area contributed by atoms with Gasteiger partial charge >= 0.3 is 0 Å². The molecule has 0 atom stereocenters. The predicted octanol–water partition coefficient (Wildman–Crippen LogP) is 3.92. The summed E-state index contributed by atoms with van der Waals surface area (Å²) in [5.74, 6) is 1.32. The fourth-order valence-corrected chi connectivity index (χ4v) is 6.23. The number of aryl methyl sites for hydroxylation is 1. The zero-order valence-electron chi connectivity index (χ0n) is 17.7. The van der Waals surface area contributed by atoms with Gasteiger partial charge in [-0.1, -0.05) is 53.5 Å². The summed E-state index contributed by atoms with van der Waals surface area (Å²) < 4.78 is 29.8. The lowest BCUT2D eigenvalue weighted by atomic mass is 10.1. The smallest absolute Gasteiger partial charge is 0.254 e. The lowest BCUT2D eigenvalue weighted by molar-refractivity contribution is 0.383. The summed E-state index contributed by atoms with van der Waals surface area (Å²) in [6.07, 6.45) is 3.25. The van der Waals surface area contributed by atoms with Crippen molar-refractivity contribution in [3.8, 4) is 11.1 Å². The van der Waals surface area contributed by atoms with Crippen LogP contribution in [0.15, 0.2) is 59.9 Å². The molecule has 33 heavy (non-hydrogen) atoms. The monoisotopic (exact) mass is 502 g/mol. The molecule has 1 aliphatic rings. The van der Waals surface area contributed by atoms with Crippen LogP contribution in [0.5, 0.6) is 0 Å². The second-order valence-corrected chi connectivity index (χ2v) is 10.5. The summed E-state index contributed by atoms with van der Waals surface area (Å²) in [6.45, 7) is 3.30. The van der Waals surface area contributed by atoms with E-state index in [0.29, 0.717) is 42.5 Å². The van der Waals surface area contributed by atoms with Gasteiger partial charge in [-0.15, -0.1) is 0 Å². The fourth-order valence-electron chi connectivity index (χ4n) is 4.00. The van der Waals surface area contributed by atoms with Crippen LogP contribution in [0.3, 0.4) is 0 Å². The zero-order chi connectivity index (χ0) is 23.2. The average Bonchev–Trinajstić information content (AvgIpc) is 3.30. The van der Waals surface area contributed by atoms with Crippen LogP contribution in [0.25, 0.3) is 16.9 Å². The van der Waals surface area contributed by atoms with Crippen LogP contribution < -0.4 is 4.90 Å². The summed E-state index contributed by atoms with van der Waals surface area (Å²) in [7, 11) is -3.76. The minimum Gasteiger partial charge on any atom is -0.353 e. The topological polar surface area (TPSA) is 83.7 Å². The number of piperazine rings is 1. The molecule has 170 valence electrons. The van der Waals surface area contributed by atoms with Crippen molar-refractivity contribution in [1.82, 2.24) is 23.9 Å². The molecule has 1 fully saturated rings. The minimum absolute atomic E-state index is 0.0760. The third-order valence-electron chi connectivity index (χ3n) is 5.73. The van der Waals surface area contributed by atoms with Gasteiger partial charge in [-0.3, -0.25) is 0 Å². The minimum atomic E-state index is -3.76. The number of anilines is 1. The maximum absolute atomic E-state index is 13.3. The molecule has 0 unspecified atom stereocenters. The largest absolute Gasteiger partial charge is 0.353 e. The normalized spacial score (nSPS) is 15.3. The van der Waals surface area contributed by atoms with E-state index in [1.807, 2.05) is 30.3 Å². The van der Waals surface area contributed by atoms with E-state index in [2.05, 4.69) is 20.0 Å². The van der Waals surface area contributed by atoms with Gasteiger partial charge in [0.2, 0.25) is 10.0 Å². The van der Waals surface area contributed by atoms with E-state index in [4.69, 9.17) is 23.2 Å². The average molecular weight is 503 g/mol. The number of hydrogen-bond acceptors (Lipinski definition) is 6. The number of sulfonamides is 1. The van der Waals surface area contributed by atoms with Crippen LogP contribution in [0.4, 0.5) is 5.82 Å². The summed E-state index contributed by atoms with van der Waals surface area (Å²) in [4.78, 5) is 10.8. The van der Waals surface area contributed by atoms with Crippen LogP contribution in [0.1, 0.15) is 5.56 Å². The fraction of sp³-hybridized carbons (Fsp3) is 0.227. The van der Waals surface area contributed by atoms with E-state index in [9.17, 15) is 8.42 Å². The molecule has 2 aromatic heterocycles. The Bertz CT molecular complexity index is 1430. The Kier molecular flexibility index (Phi) is 5.74. The van der Waals surface area contributed by atoms with Gasteiger partial charge in [0.05, 0.1) is 5.02 Å². The quantitative estimate of drug-likeness (QED) is 0.420. The van der Waals surface area contributed by atoms with Crippen LogP contribution in [-0.2, 0) is 10.0 Å². The first kappa shape index (κ1) is 22.1. The highest BCUT2D eigenvalue weighted by Crippen LogP contribution is 2.33. The first-order valence-electron chi connectivity index (χ1n) is 10.3. The number of fused-ring (bicyclic) bond motifs is 1. The Labute approximate surface area is 201 Å². The molecule has 2 aromatic carbocycles. The molecule has 0 amide bonds. The van der Waals surface area contributed by atoms with Gasteiger partial charge in [-0.05, 0) is 30.2 Å². The first-order chi connectivity index (χ1) is 15.9. The maximum atomic E-state index is 13.3. The number of rotatable bonds is 4. The van der Waals surface area contributed by atoms with Gasteiger partial charge < -0.3 is 4.90 Å². The van der Waals surface area contributed by atoms with E-state index >= 15 is 0 Å². The van der Waals surface area contributed by atoms with Gasteiger partial charge in [0.15, 0.2) is 0 Å². The molecule has 3 heterocycles. The molecular weight excluding hydrogens is 483 g/mol. The highest BCUT2D eigenvalue weighted by atomic mass is 35.5. The summed E-state index contributed by atoms with van der Waals surface area (Å²) in [5.41, 5.74) is 2.56.